The zero-order valence-corrected chi connectivity index (χ0v) is 13.9. The van der Waals surface area contributed by atoms with E-state index in [1.54, 1.807) is 12.1 Å². The Balaban J connectivity index is 2.10. The Morgan fingerprint density at radius 1 is 1.35 bits per heavy atom. The van der Waals surface area contributed by atoms with Crippen LogP contribution in [0.5, 0.6) is 0 Å². The monoisotopic (exact) mass is 361 g/mol. The quantitative estimate of drug-likeness (QED) is 0.862. The first-order valence-corrected chi connectivity index (χ1v) is 8.97. The summed E-state index contributed by atoms with van der Waals surface area (Å²) in [4.78, 5) is 2.46. The van der Waals surface area contributed by atoms with E-state index < -0.39 is 10.0 Å². The van der Waals surface area contributed by atoms with Crippen LogP contribution in [-0.4, -0.2) is 39.5 Å². The lowest BCUT2D eigenvalue weighted by Gasteiger charge is -2.19. The molecule has 1 atom stereocenters. The largest absolute Gasteiger partial charge is 0.381 e. The summed E-state index contributed by atoms with van der Waals surface area (Å²) < 4.78 is 23.3. The average molecular weight is 362 g/mol. The number of nitrogens with one attached hydrogen (secondary N) is 1. The van der Waals surface area contributed by atoms with Gasteiger partial charge >= 0.3 is 0 Å². The molecule has 0 amide bonds. The molecular weight excluding hydrogens is 342 g/mol. The van der Waals surface area contributed by atoms with Crippen molar-refractivity contribution in [1.82, 2.24) is 4.90 Å². The van der Waals surface area contributed by atoms with E-state index in [2.05, 4.69) is 33.2 Å². The van der Waals surface area contributed by atoms with E-state index in [1.165, 1.54) is 12.5 Å². The van der Waals surface area contributed by atoms with Gasteiger partial charge in [0.15, 0.2) is 0 Å². The number of primary sulfonamides is 1. The highest BCUT2D eigenvalue weighted by molar-refractivity contribution is 9.10. The fourth-order valence-corrected chi connectivity index (χ4v) is 3.58. The summed E-state index contributed by atoms with van der Waals surface area (Å²) in [6.07, 6.45) is 3.37. The molecule has 1 aromatic carbocycles. The summed E-state index contributed by atoms with van der Waals surface area (Å²) in [5.41, 5.74) is 0.909. The summed E-state index contributed by atoms with van der Waals surface area (Å²) >= 11 is 3.40. The summed E-state index contributed by atoms with van der Waals surface area (Å²) in [6, 6.07) is 5.25. The highest BCUT2D eigenvalue weighted by atomic mass is 79.9. The average Bonchev–Trinajstić information content (AvgIpc) is 2.56. The van der Waals surface area contributed by atoms with Gasteiger partial charge in [0.1, 0.15) is 0 Å². The minimum Gasteiger partial charge on any atom is -0.381 e. The van der Waals surface area contributed by atoms with E-state index in [0.29, 0.717) is 6.04 Å². The molecule has 1 heterocycles. The van der Waals surface area contributed by atoms with Crippen molar-refractivity contribution >= 4 is 31.6 Å². The molecule has 3 N–H and O–H groups in total. The van der Waals surface area contributed by atoms with Crippen LogP contribution in [0.4, 0.5) is 5.69 Å². The van der Waals surface area contributed by atoms with Crippen molar-refractivity contribution in [2.75, 3.05) is 25.5 Å². The van der Waals surface area contributed by atoms with E-state index in [4.69, 9.17) is 5.14 Å². The van der Waals surface area contributed by atoms with Crippen molar-refractivity contribution < 1.29 is 8.42 Å². The van der Waals surface area contributed by atoms with E-state index >= 15 is 0 Å². The predicted molar refractivity (Wildman–Crippen MR) is 84.3 cm³/mol. The molecule has 112 valence electrons. The standard InChI is InChI=1S/C13H20BrN3O2S/c1-17-7-2-3-10(6-8-17)16-13-5-4-11(9-12(13)14)20(15,18)19/h4-5,9-10,16H,2-3,6-8H2,1H3,(H2,15,18,19). The molecule has 1 aliphatic rings. The fourth-order valence-electron chi connectivity index (χ4n) is 2.39. The number of benzene rings is 1. The van der Waals surface area contributed by atoms with E-state index in [9.17, 15) is 8.42 Å². The number of hydrogen-bond donors (Lipinski definition) is 2. The minimum atomic E-state index is -3.65. The zero-order chi connectivity index (χ0) is 14.8. The fraction of sp³-hybridized carbons (Fsp3) is 0.538. The molecule has 0 radical (unpaired) electrons. The number of likely N-dealkylation sites (tertiary alicyclic amines) is 1. The maximum absolute atomic E-state index is 11.3. The first kappa shape index (κ1) is 15.8. The second-order valence-corrected chi connectivity index (χ2v) is 7.68. The Labute approximate surface area is 128 Å². The first-order valence-electron chi connectivity index (χ1n) is 6.64. The van der Waals surface area contributed by atoms with Gasteiger partial charge in [0.05, 0.1) is 4.90 Å². The van der Waals surface area contributed by atoms with Crippen molar-refractivity contribution in [1.29, 1.82) is 0 Å². The number of anilines is 1. The lowest BCUT2D eigenvalue weighted by Crippen LogP contribution is -2.23. The molecule has 5 nitrogen and oxygen atoms in total. The van der Waals surface area contributed by atoms with Gasteiger partial charge in [0.2, 0.25) is 10.0 Å². The SMILES string of the molecule is CN1CCCC(Nc2ccc(S(N)(=O)=O)cc2Br)CC1. The third kappa shape index (κ3) is 4.18. The smallest absolute Gasteiger partial charge is 0.238 e. The maximum Gasteiger partial charge on any atom is 0.238 e. The first-order chi connectivity index (χ1) is 9.36. The molecule has 7 heteroatoms. The summed E-state index contributed by atoms with van der Waals surface area (Å²) in [6.45, 7) is 2.20. The molecule has 1 saturated heterocycles. The van der Waals surface area contributed by atoms with Gasteiger partial charge in [-0.15, -0.1) is 0 Å². The highest BCUT2D eigenvalue weighted by Crippen LogP contribution is 2.27. The number of sulfonamides is 1. The summed E-state index contributed by atoms with van der Waals surface area (Å²) in [5.74, 6) is 0. The van der Waals surface area contributed by atoms with Gasteiger partial charge in [-0.3, -0.25) is 0 Å². The van der Waals surface area contributed by atoms with Crippen LogP contribution in [-0.2, 0) is 10.0 Å². The molecule has 0 spiro atoms. The van der Waals surface area contributed by atoms with Gasteiger partial charge in [-0.1, -0.05) is 0 Å². The van der Waals surface area contributed by atoms with Gasteiger partial charge in [-0.2, -0.15) is 0 Å². The maximum atomic E-state index is 11.3. The van der Waals surface area contributed by atoms with Crippen LogP contribution in [0.25, 0.3) is 0 Å². The normalized spacial score (nSPS) is 21.4. The van der Waals surface area contributed by atoms with Crippen LogP contribution in [0.1, 0.15) is 19.3 Å². The second kappa shape index (κ2) is 6.43. The van der Waals surface area contributed by atoms with Gasteiger partial charge in [0, 0.05) is 16.2 Å². The lowest BCUT2D eigenvalue weighted by molar-refractivity contribution is 0.348. The molecule has 1 unspecified atom stereocenters. The molecule has 1 aliphatic heterocycles. The molecular formula is C13H20BrN3O2S. The molecule has 0 aromatic heterocycles. The van der Waals surface area contributed by atoms with E-state index in [0.717, 1.165) is 36.1 Å². The lowest BCUT2D eigenvalue weighted by atomic mass is 10.1. The Hall–Kier alpha value is -0.630. The number of nitrogens with zero attached hydrogens (tertiary/aromatic N) is 1. The van der Waals surface area contributed by atoms with E-state index in [-0.39, 0.29) is 4.90 Å². The van der Waals surface area contributed by atoms with Crippen LogP contribution in [0, 0.1) is 0 Å². The van der Waals surface area contributed by atoms with Crippen molar-refractivity contribution in [3.05, 3.63) is 22.7 Å². The van der Waals surface area contributed by atoms with Crippen LogP contribution in [0.15, 0.2) is 27.6 Å². The van der Waals surface area contributed by atoms with Crippen LogP contribution < -0.4 is 10.5 Å². The third-order valence-electron chi connectivity index (χ3n) is 3.58. The van der Waals surface area contributed by atoms with Crippen molar-refractivity contribution in [3.63, 3.8) is 0 Å². The van der Waals surface area contributed by atoms with Crippen LogP contribution in [0.3, 0.4) is 0 Å². The molecule has 0 bridgehead atoms. The highest BCUT2D eigenvalue weighted by Gasteiger charge is 2.16. The predicted octanol–water partition coefficient (Wildman–Crippen LogP) is 1.99. The van der Waals surface area contributed by atoms with Gasteiger partial charge < -0.3 is 10.2 Å². The summed E-state index contributed by atoms with van der Waals surface area (Å²) in [5, 5.41) is 8.60. The zero-order valence-electron chi connectivity index (χ0n) is 11.5. The minimum absolute atomic E-state index is 0.121. The van der Waals surface area contributed by atoms with Crippen molar-refractivity contribution in [2.45, 2.75) is 30.2 Å². The van der Waals surface area contributed by atoms with Crippen molar-refractivity contribution in [2.24, 2.45) is 5.14 Å². The Bertz CT molecular complexity index is 577. The number of halogens is 1. The van der Waals surface area contributed by atoms with E-state index in [1.807, 2.05) is 0 Å². The van der Waals surface area contributed by atoms with Crippen molar-refractivity contribution in [3.8, 4) is 0 Å². The topological polar surface area (TPSA) is 75.4 Å². The van der Waals surface area contributed by atoms with Crippen LogP contribution in [0.2, 0.25) is 0 Å². The Morgan fingerprint density at radius 3 is 2.75 bits per heavy atom. The van der Waals surface area contributed by atoms with Crippen LogP contribution >= 0.6 is 15.9 Å². The Kier molecular flexibility index (Phi) is 5.06. The van der Waals surface area contributed by atoms with Gasteiger partial charge in [-0.25, -0.2) is 13.6 Å². The number of hydrogen-bond acceptors (Lipinski definition) is 4. The summed E-state index contributed by atoms with van der Waals surface area (Å²) in [7, 11) is -1.51. The molecule has 2 rings (SSSR count). The van der Waals surface area contributed by atoms with Gasteiger partial charge in [0.25, 0.3) is 0 Å². The molecule has 0 aliphatic carbocycles. The third-order valence-corrected chi connectivity index (χ3v) is 5.15. The van der Waals surface area contributed by atoms with Gasteiger partial charge in [-0.05, 0) is 73.5 Å². The molecule has 1 fully saturated rings. The Morgan fingerprint density at radius 2 is 2.10 bits per heavy atom. The molecule has 1 aromatic rings. The molecule has 0 saturated carbocycles. The second-order valence-electron chi connectivity index (χ2n) is 5.26. The molecule has 20 heavy (non-hydrogen) atoms. The number of rotatable bonds is 3. The number of nitrogens with two attached hydrogens (primary N) is 1.